The second-order valence-corrected chi connectivity index (χ2v) is 9.43. The highest BCUT2D eigenvalue weighted by atomic mass is 35.5. The van der Waals surface area contributed by atoms with Gasteiger partial charge in [0.2, 0.25) is 0 Å². The molecule has 0 aliphatic rings. The first-order valence-corrected chi connectivity index (χ1v) is 12.2. The molecule has 5 aromatic rings. The first-order chi connectivity index (χ1) is 18.1. The van der Waals surface area contributed by atoms with Crippen molar-refractivity contribution < 1.29 is 18.8 Å². The summed E-state index contributed by atoms with van der Waals surface area (Å²) in [5, 5.41) is 17.1. The molecule has 0 unspecified atom stereocenters. The Balaban J connectivity index is 1.60. The monoisotopic (exact) mass is 530 g/mol. The maximum Gasteiger partial charge on any atom is 0.356 e. The van der Waals surface area contributed by atoms with Crippen LogP contribution in [0.25, 0.3) is 33.7 Å². The van der Waals surface area contributed by atoms with Gasteiger partial charge < -0.3 is 19.4 Å². The van der Waals surface area contributed by atoms with E-state index in [1.165, 1.54) is 6.07 Å². The summed E-state index contributed by atoms with van der Waals surface area (Å²) in [6.45, 7) is 7.23. The zero-order valence-electron chi connectivity index (χ0n) is 21.0. The number of hydrogen-bond acceptors (Lipinski definition) is 8. The minimum Gasteiger partial charge on any atom is -0.476 e. The van der Waals surface area contributed by atoms with Crippen LogP contribution in [0.1, 0.15) is 46.0 Å². The fourth-order valence-electron chi connectivity index (χ4n) is 4.37. The highest BCUT2D eigenvalue weighted by Gasteiger charge is 2.21. The van der Waals surface area contributed by atoms with Crippen LogP contribution in [-0.4, -0.2) is 26.2 Å². The summed E-state index contributed by atoms with van der Waals surface area (Å²) in [5.74, 6) is 0.170. The van der Waals surface area contributed by atoms with E-state index in [1.807, 2.05) is 44.2 Å². The lowest BCUT2D eigenvalue weighted by atomic mass is 9.98. The number of halogens is 1. The Morgan fingerprint density at radius 1 is 1.03 bits per heavy atom. The number of aromatic carboxylic acids is 1. The predicted molar refractivity (Wildman–Crippen MR) is 144 cm³/mol. The van der Waals surface area contributed by atoms with Crippen LogP contribution in [0, 0.1) is 20.8 Å². The zero-order valence-corrected chi connectivity index (χ0v) is 21.8. The number of pyridine rings is 1. The fourth-order valence-corrected chi connectivity index (χ4v) is 4.52. The van der Waals surface area contributed by atoms with Crippen molar-refractivity contribution in [2.24, 2.45) is 0 Å². The molecule has 10 heteroatoms. The quantitative estimate of drug-likeness (QED) is 0.241. The number of aryl methyl sites for hydroxylation is 2. The molecule has 38 heavy (non-hydrogen) atoms. The molecule has 3 aromatic heterocycles. The van der Waals surface area contributed by atoms with Crippen LogP contribution in [0.3, 0.4) is 0 Å². The Labute approximate surface area is 222 Å². The Hall–Kier alpha value is -4.50. The van der Waals surface area contributed by atoms with E-state index >= 15 is 0 Å². The Morgan fingerprint density at radius 2 is 1.74 bits per heavy atom. The van der Waals surface area contributed by atoms with Gasteiger partial charge in [0, 0.05) is 22.3 Å². The van der Waals surface area contributed by atoms with Gasteiger partial charge in [-0.25, -0.2) is 9.78 Å². The highest BCUT2D eigenvalue weighted by molar-refractivity contribution is 6.29. The number of nitrogens with one attached hydrogen (secondary N) is 1. The fraction of sp³-hybridized carbons (Fsp3) is 0.179. The van der Waals surface area contributed by atoms with Crippen molar-refractivity contribution in [2.45, 2.75) is 33.7 Å². The van der Waals surface area contributed by atoms with E-state index in [2.05, 4.69) is 20.4 Å². The van der Waals surface area contributed by atoms with Gasteiger partial charge in [0.1, 0.15) is 16.5 Å². The van der Waals surface area contributed by atoms with E-state index in [0.717, 1.165) is 11.1 Å². The number of aromatic nitrogens is 3. The first-order valence-electron chi connectivity index (χ1n) is 11.8. The van der Waals surface area contributed by atoms with Gasteiger partial charge >= 0.3 is 5.97 Å². The molecule has 9 nitrogen and oxygen atoms in total. The van der Waals surface area contributed by atoms with Crippen LogP contribution in [0.15, 0.2) is 62.3 Å². The highest BCUT2D eigenvalue weighted by Crippen LogP contribution is 2.33. The largest absolute Gasteiger partial charge is 0.476 e. The standard InChI is InChI=1S/C28H23ClN4O5/c1-13-11-19(15(3)30-21-9-10-22(29)32-23(21)28(35)36)26-20(12-13)24(34)14(2)25(37-26)17-5-7-18(8-6-17)27-31-16(4)33-38-27/h5-12,15,30H,1-4H3,(H,35,36)/t15-/m1/s1. The molecule has 0 radical (unpaired) electrons. The molecule has 2 N–H and O–H groups in total. The van der Waals surface area contributed by atoms with Gasteiger partial charge in [0.25, 0.3) is 5.89 Å². The number of rotatable bonds is 6. The van der Waals surface area contributed by atoms with Gasteiger partial charge in [0.15, 0.2) is 16.9 Å². The maximum atomic E-state index is 13.5. The first kappa shape index (κ1) is 25.2. The van der Waals surface area contributed by atoms with Crippen LogP contribution in [0.4, 0.5) is 5.69 Å². The number of benzene rings is 2. The smallest absolute Gasteiger partial charge is 0.356 e. The third kappa shape index (κ3) is 4.64. The van der Waals surface area contributed by atoms with E-state index in [1.54, 1.807) is 26.0 Å². The molecule has 0 aliphatic heterocycles. The van der Waals surface area contributed by atoms with E-state index < -0.39 is 12.0 Å². The van der Waals surface area contributed by atoms with Crippen molar-refractivity contribution in [1.82, 2.24) is 15.1 Å². The van der Waals surface area contributed by atoms with Crippen molar-refractivity contribution in [3.05, 3.63) is 92.1 Å². The van der Waals surface area contributed by atoms with Crippen molar-refractivity contribution in [3.8, 4) is 22.8 Å². The molecule has 0 aliphatic carbocycles. The van der Waals surface area contributed by atoms with Crippen LogP contribution in [-0.2, 0) is 0 Å². The van der Waals surface area contributed by atoms with Crippen molar-refractivity contribution in [1.29, 1.82) is 0 Å². The lowest BCUT2D eigenvalue weighted by Gasteiger charge is -2.19. The number of hydrogen-bond donors (Lipinski definition) is 2. The number of carbonyl (C=O) groups is 1. The maximum absolute atomic E-state index is 13.5. The van der Waals surface area contributed by atoms with E-state index in [-0.39, 0.29) is 16.3 Å². The predicted octanol–water partition coefficient (Wildman–Crippen LogP) is 6.35. The summed E-state index contributed by atoms with van der Waals surface area (Å²) in [6.07, 6.45) is 0. The van der Waals surface area contributed by atoms with Gasteiger partial charge in [-0.05, 0) is 63.6 Å². The number of nitrogens with zero attached hydrogens (tertiary/aromatic N) is 3. The Bertz CT molecular complexity index is 1760. The SMILES string of the molecule is Cc1cc([C@@H](C)Nc2ccc(Cl)nc2C(=O)O)c2oc(-c3ccc(-c4nc(C)no4)cc3)c(C)c(=O)c2c1. The number of anilines is 1. The third-order valence-corrected chi connectivity index (χ3v) is 6.43. The normalized spacial score (nSPS) is 12.0. The van der Waals surface area contributed by atoms with Crippen LogP contribution >= 0.6 is 11.6 Å². The third-order valence-electron chi connectivity index (χ3n) is 6.22. The lowest BCUT2D eigenvalue weighted by molar-refractivity contribution is 0.0691. The van der Waals surface area contributed by atoms with Crippen LogP contribution in [0.2, 0.25) is 5.15 Å². The van der Waals surface area contributed by atoms with Crippen molar-refractivity contribution in [3.63, 3.8) is 0 Å². The van der Waals surface area contributed by atoms with Crippen LogP contribution < -0.4 is 10.7 Å². The van der Waals surface area contributed by atoms with E-state index in [0.29, 0.717) is 50.8 Å². The minimum absolute atomic E-state index is 0.0768. The number of carboxylic acid groups (broad SMARTS) is 1. The molecule has 0 bridgehead atoms. The molecule has 192 valence electrons. The summed E-state index contributed by atoms with van der Waals surface area (Å²) in [5.41, 5.74) is 3.87. The molecule has 0 amide bonds. The summed E-state index contributed by atoms with van der Waals surface area (Å²) in [7, 11) is 0. The van der Waals surface area contributed by atoms with Gasteiger partial charge in [-0.2, -0.15) is 4.98 Å². The summed E-state index contributed by atoms with van der Waals surface area (Å²) < 4.78 is 11.6. The summed E-state index contributed by atoms with van der Waals surface area (Å²) >= 11 is 5.90. The van der Waals surface area contributed by atoms with Crippen molar-refractivity contribution in [2.75, 3.05) is 5.32 Å². The van der Waals surface area contributed by atoms with Gasteiger partial charge in [-0.15, -0.1) is 0 Å². The number of fused-ring (bicyclic) bond motifs is 1. The minimum atomic E-state index is -1.21. The molecule has 0 saturated carbocycles. The van der Waals surface area contributed by atoms with Gasteiger partial charge in [0.05, 0.1) is 17.1 Å². The van der Waals surface area contributed by atoms with Crippen molar-refractivity contribution >= 4 is 34.2 Å². The molecule has 5 rings (SSSR count). The molecule has 0 saturated heterocycles. The zero-order chi connectivity index (χ0) is 27.1. The Kier molecular flexibility index (Phi) is 6.46. The summed E-state index contributed by atoms with van der Waals surface area (Å²) in [6, 6.07) is 13.7. The Morgan fingerprint density at radius 3 is 2.39 bits per heavy atom. The summed E-state index contributed by atoms with van der Waals surface area (Å²) in [4.78, 5) is 33.4. The molecular weight excluding hydrogens is 508 g/mol. The molecule has 2 aromatic carbocycles. The molecule has 0 fully saturated rings. The topological polar surface area (TPSA) is 131 Å². The average molecular weight is 531 g/mol. The second-order valence-electron chi connectivity index (χ2n) is 9.04. The van der Waals surface area contributed by atoms with Gasteiger partial charge in [-0.1, -0.05) is 35.0 Å². The number of carboxylic acids is 1. The molecular formula is C28H23ClN4O5. The second kappa shape index (κ2) is 9.75. The van der Waals surface area contributed by atoms with E-state index in [9.17, 15) is 14.7 Å². The molecule has 1 atom stereocenters. The average Bonchev–Trinajstić information content (AvgIpc) is 3.33. The molecule has 0 spiro atoms. The molecule has 3 heterocycles. The lowest BCUT2D eigenvalue weighted by Crippen LogP contribution is -2.14. The van der Waals surface area contributed by atoms with E-state index in [4.69, 9.17) is 20.5 Å². The van der Waals surface area contributed by atoms with Gasteiger partial charge in [-0.3, -0.25) is 4.79 Å². The van der Waals surface area contributed by atoms with Crippen LogP contribution in [0.5, 0.6) is 0 Å².